The van der Waals surface area contributed by atoms with Crippen LogP contribution in [-0.2, 0) is 12.4 Å². The molecular formula is C23H18BrF6N3O. The van der Waals surface area contributed by atoms with Crippen LogP contribution < -0.4 is 10.6 Å². The van der Waals surface area contributed by atoms with Crippen molar-refractivity contribution >= 4 is 22.0 Å². The Morgan fingerprint density at radius 3 is 2.00 bits per heavy atom. The van der Waals surface area contributed by atoms with Crippen LogP contribution in [0.15, 0.2) is 71.3 Å². The second kappa shape index (κ2) is 10.0. The normalized spacial score (nSPS) is 13.8. The highest BCUT2D eigenvalue weighted by atomic mass is 79.9. The fourth-order valence-electron chi connectivity index (χ4n) is 3.27. The van der Waals surface area contributed by atoms with Crippen molar-refractivity contribution in [2.45, 2.75) is 31.4 Å². The summed E-state index contributed by atoms with van der Waals surface area (Å²) >= 11 is 3.30. The average molecular weight is 546 g/mol. The summed E-state index contributed by atoms with van der Waals surface area (Å²) in [4.78, 5) is 16.5. The van der Waals surface area contributed by atoms with Gasteiger partial charge >= 0.3 is 18.4 Å². The molecule has 2 atom stereocenters. The first-order valence-corrected chi connectivity index (χ1v) is 10.7. The second-order valence-electron chi connectivity index (χ2n) is 7.38. The number of nitrogens with zero attached hydrogens (tertiary/aromatic N) is 1. The zero-order valence-electron chi connectivity index (χ0n) is 17.5. The van der Waals surface area contributed by atoms with Gasteiger partial charge in [-0.05, 0) is 54.4 Å². The molecular weight excluding hydrogens is 528 g/mol. The summed E-state index contributed by atoms with van der Waals surface area (Å²) in [6.45, 7) is 1.68. The molecule has 0 spiro atoms. The third-order valence-electron chi connectivity index (χ3n) is 4.98. The van der Waals surface area contributed by atoms with Gasteiger partial charge in [0, 0.05) is 10.7 Å². The van der Waals surface area contributed by atoms with Crippen molar-refractivity contribution in [3.05, 3.63) is 99.3 Å². The van der Waals surface area contributed by atoms with Crippen molar-refractivity contribution in [1.29, 1.82) is 0 Å². The summed E-state index contributed by atoms with van der Waals surface area (Å²) in [5.41, 5.74) is -1.88. The van der Waals surface area contributed by atoms with Crippen LogP contribution in [0.5, 0.6) is 0 Å². The molecule has 1 heterocycles. The Hall–Kier alpha value is -3.08. The Balaban J connectivity index is 1.94. The van der Waals surface area contributed by atoms with Gasteiger partial charge in [0.15, 0.2) is 0 Å². The zero-order valence-corrected chi connectivity index (χ0v) is 19.1. The highest BCUT2D eigenvalue weighted by Gasteiger charge is 2.37. The molecule has 0 bridgehead atoms. The second-order valence-corrected chi connectivity index (χ2v) is 8.29. The number of alkyl halides is 6. The summed E-state index contributed by atoms with van der Waals surface area (Å²) in [6, 6.07) is 9.64. The van der Waals surface area contributed by atoms with Crippen LogP contribution in [0.3, 0.4) is 0 Å². The molecule has 0 radical (unpaired) electrons. The summed E-state index contributed by atoms with van der Waals surface area (Å²) in [5.74, 6) is 0. The molecule has 2 N–H and O–H groups in total. The predicted molar refractivity (Wildman–Crippen MR) is 117 cm³/mol. The first-order chi connectivity index (χ1) is 15.9. The van der Waals surface area contributed by atoms with Crippen LogP contribution >= 0.6 is 15.9 Å². The van der Waals surface area contributed by atoms with Gasteiger partial charge in [0.25, 0.3) is 0 Å². The first-order valence-electron chi connectivity index (χ1n) is 9.88. The summed E-state index contributed by atoms with van der Waals surface area (Å²) in [6.07, 6.45) is -8.30. The van der Waals surface area contributed by atoms with E-state index < -0.39 is 47.3 Å². The Morgan fingerprint density at radius 1 is 0.853 bits per heavy atom. The lowest BCUT2D eigenvalue weighted by molar-refractivity contribution is -0.139. The molecule has 1 aromatic heterocycles. The fourth-order valence-corrected chi connectivity index (χ4v) is 3.53. The number of urea groups is 1. The molecule has 0 saturated carbocycles. The monoisotopic (exact) mass is 545 g/mol. The van der Waals surface area contributed by atoms with E-state index in [0.29, 0.717) is 0 Å². The van der Waals surface area contributed by atoms with Gasteiger partial charge in [-0.15, -0.1) is 0 Å². The van der Waals surface area contributed by atoms with Crippen LogP contribution in [0.2, 0.25) is 0 Å². The molecule has 2 aromatic carbocycles. The van der Waals surface area contributed by atoms with Gasteiger partial charge in [0.05, 0.1) is 28.9 Å². The van der Waals surface area contributed by atoms with Crippen LogP contribution in [0.4, 0.5) is 31.1 Å². The van der Waals surface area contributed by atoms with Gasteiger partial charge in [-0.2, -0.15) is 26.3 Å². The van der Waals surface area contributed by atoms with Crippen molar-refractivity contribution in [1.82, 2.24) is 15.6 Å². The Kier molecular flexibility index (Phi) is 7.54. The average Bonchev–Trinajstić information content (AvgIpc) is 2.77. The number of benzene rings is 2. The number of carbonyl (C=O) groups excluding carboxylic acids is 1. The summed E-state index contributed by atoms with van der Waals surface area (Å²) < 4.78 is 80.6. The largest absolute Gasteiger partial charge is 0.418 e. The molecule has 11 heteroatoms. The van der Waals surface area contributed by atoms with Crippen molar-refractivity contribution in [3.63, 3.8) is 0 Å². The minimum Gasteiger partial charge on any atom is -0.332 e. The Bertz CT molecular complexity index is 1130. The summed E-state index contributed by atoms with van der Waals surface area (Å²) in [7, 11) is 0. The number of halogens is 7. The van der Waals surface area contributed by atoms with Gasteiger partial charge < -0.3 is 10.6 Å². The topological polar surface area (TPSA) is 54.0 Å². The molecule has 0 aliphatic heterocycles. The maximum Gasteiger partial charge on any atom is 0.418 e. The number of rotatable bonds is 5. The molecule has 0 aliphatic rings. The highest BCUT2D eigenvalue weighted by molar-refractivity contribution is 9.10. The molecule has 34 heavy (non-hydrogen) atoms. The van der Waals surface area contributed by atoms with Crippen molar-refractivity contribution in [2.75, 3.05) is 0 Å². The van der Waals surface area contributed by atoms with Crippen LogP contribution in [0, 0.1) is 0 Å². The van der Waals surface area contributed by atoms with E-state index in [4.69, 9.17) is 0 Å². The van der Waals surface area contributed by atoms with Crippen LogP contribution in [0.1, 0.15) is 47.0 Å². The van der Waals surface area contributed by atoms with Gasteiger partial charge in [0.2, 0.25) is 0 Å². The number of hydrogen-bond acceptors (Lipinski definition) is 2. The quantitative estimate of drug-likeness (QED) is 0.338. The minimum absolute atomic E-state index is 0.00337. The van der Waals surface area contributed by atoms with E-state index in [1.165, 1.54) is 0 Å². The Labute approximate surface area is 199 Å². The number of aromatic nitrogens is 1. The van der Waals surface area contributed by atoms with Crippen LogP contribution in [0.25, 0.3) is 0 Å². The van der Waals surface area contributed by atoms with E-state index in [-0.39, 0.29) is 5.56 Å². The van der Waals surface area contributed by atoms with Crippen molar-refractivity contribution in [3.8, 4) is 0 Å². The molecule has 0 aliphatic carbocycles. The third-order valence-corrected chi connectivity index (χ3v) is 5.51. The van der Waals surface area contributed by atoms with Gasteiger partial charge in [-0.25, -0.2) is 4.79 Å². The molecule has 0 saturated heterocycles. The molecule has 0 fully saturated rings. The lowest BCUT2D eigenvalue weighted by Gasteiger charge is -2.24. The maximum atomic E-state index is 13.6. The fraction of sp³-hybridized carbons (Fsp3) is 0.217. The standard InChI is InChI=1S/C23H18BrF6N3O/c1-13(14-6-10-17(24)11-7-14)32-21(34)33-19(15-4-8-16(9-5-15)22(25,26)27)20-18(23(28,29)30)3-2-12-31-20/h2-13,19H,1H3,(H2,32,33,34). The number of pyridine rings is 1. The van der Waals surface area contributed by atoms with Gasteiger partial charge in [-0.3, -0.25) is 4.98 Å². The maximum absolute atomic E-state index is 13.6. The van der Waals surface area contributed by atoms with Gasteiger partial charge in [-0.1, -0.05) is 40.2 Å². The van der Waals surface area contributed by atoms with Crippen LogP contribution in [-0.4, -0.2) is 11.0 Å². The molecule has 3 aromatic rings. The van der Waals surface area contributed by atoms with E-state index in [0.717, 1.165) is 52.6 Å². The molecule has 3 rings (SSSR count). The number of hydrogen-bond donors (Lipinski definition) is 2. The zero-order chi connectivity index (χ0) is 25.1. The van der Waals surface area contributed by atoms with Gasteiger partial charge in [0.1, 0.15) is 0 Å². The van der Waals surface area contributed by atoms with E-state index in [2.05, 4.69) is 31.5 Å². The summed E-state index contributed by atoms with van der Waals surface area (Å²) in [5, 5.41) is 5.05. The number of nitrogens with one attached hydrogen (secondary N) is 2. The van der Waals surface area contributed by atoms with E-state index in [9.17, 15) is 31.1 Å². The third kappa shape index (κ3) is 6.28. The SMILES string of the molecule is CC(NC(=O)NC(c1ccc(C(F)(F)F)cc1)c1ncccc1C(F)(F)F)c1ccc(Br)cc1. The first kappa shape index (κ1) is 25.5. The molecule has 2 amide bonds. The van der Waals surface area contributed by atoms with E-state index in [1.807, 2.05) is 0 Å². The predicted octanol–water partition coefficient (Wildman–Crippen LogP) is 7.03. The van der Waals surface area contributed by atoms with E-state index >= 15 is 0 Å². The lowest BCUT2D eigenvalue weighted by atomic mass is 9.98. The smallest absolute Gasteiger partial charge is 0.332 e. The van der Waals surface area contributed by atoms with Crippen molar-refractivity contribution in [2.24, 2.45) is 0 Å². The van der Waals surface area contributed by atoms with Crippen molar-refractivity contribution < 1.29 is 31.1 Å². The molecule has 2 unspecified atom stereocenters. The highest BCUT2D eigenvalue weighted by Crippen LogP contribution is 2.36. The molecule has 4 nitrogen and oxygen atoms in total. The minimum atomic E-state index is -4.80. The lowest BCUT2D eigenvalue weighted by Crippen LogP contribution is -2.40. The number of carbonyl (C=O) groups is 1. The Morgan fingerprint density at radius 2 is 1.44 bits per heavy atom. The van der Waals surface area contributed by atoms with E-state index in [1.54, 1.807) is 31.2 Å². The number of amides is 2. The molecule has 180 valence electrons.